The minimum absolute atomic E-state index is 0.0120. The van der Waals surface area contributed by atoms with E-state index in [1.54, 1.807) is 6.92 Å². The van der Waals surface area contributed by atoms with Crippen molar-refractivity contribution in [3.63, 3.8) is 0 Å². The van der Waals surface area contributed by atoms with E-state index in [0.717, 1.165) is 6.42 Å². The molecule has 0 heterocycles. The molecule has 1 amide bonds. The van der Waals surface area contributed by atoms with Gasteiger partial charge < -0.3 is 5.32 Å². The molecule has 0 bridgehead atoms. The first-order valence-corrected chi connectivity index (χ1v) is 9.89. The number of anilines is 1. The summed E-state index contributed by atoms with van der Waals surface area (Å²) < 4.78 is 27.1. The van der Waals surface area contributed by atoms with E-state index in [0.29, 0.717) is 24.2 Å². The number of non-ortho nitro benzene ring substituents is 1. The zero-order valence-electron chi connectivity index (χ0n) is 15.1. The van der Waals surface area contributed by atoms with E-state index in [2.05, 4.69) is 10.0 Å². The molecule has 0 saturated heterocycles. The van der Waals surface area contributed by atoms with Crippen molar-refractivity contribution in [2.24, 2.45) is 0 Å². The van der Waals surface area contributed by atoms with Gasteiger partial charge in [0, 0.05) is 24.2 Å². The molecule has 2 aromatic rings. The Kier molecular flexibility index (Phi) is 6.65. The van der Waals surface area contributed by atoms with Crippen LogP contribution in [0.4, 0.5) is 11.4 Å². The van der Waals surface area contributed by atoms with Gasteiger partial charge in [-0.15, -0.1) is 0 Å². The Hall–Kier alpha value is -2.78. The average Bonchev–Trinajstić information content (AvgIpc) is 2.63. The van der Waals surface area contributed by atoms with Crippen LogP contribution >= 0.6 is 0 Å². The summed E-state index contributed by atoms with van der Waals surface area (Å²) >= 11 is 0. The third-order valence-corrected chi connectivity index (χ3v) is 5.37. The lowest BCUT2D eigenvalue weighted by atomic mass is 10.1. The molecule has 0 spiro atoms. The summed E-state index contributed by atoms with van der Waals surface area (Å²) in [5, 5.41) is 13.5. The molecule has 0 unspecified atom stereocenters. The quantitative estimate of drug-likeness (QED) is 0.407. The standard InChI is InChI=1S/C18H21N3O5S/c1-3-4-10-19-27(25,26)16-7-5-6-14(11-16)18(22)20-17-12-15(21(23)24)9-8-13(17)2/h5-9,11-12,19H,3-4,10H2,1-2H3,(H,20,22). The number of nitrogens with one attached hydrogen (secondary N) is 2. The summed E-state index contributed by atoms with van der Waals surface area (Å²) in [6.07, 6.45) is 1.57. The van der Waals surface area contributed by atoms with E-state index in [9.17, 15) is 23.3 Å². The lowest BCUT2D eigenvalue weighted by molar-refractivity contribution is -0.384. The second-order valence-corrected chi connectivity index (χ2v) is 7.76. The van der Waals surface area contributed by atoms with Gasteiger partial charge in [-0.05, 0) is 37.1 Å². The monoisotopic (exact) mass is 391 g/mol. The third-order valence-electron chi connectivity index (χ3n) is 3.91. The molecule has 0 atom stereocenters. The highest BCUT2D eigenvalue weighted by Gasteiger charge is 2.17. The topological polar surface area (TPSA) is 118 Å². The van der Waals surface area contributed by atoms with E-state index in [-0.39, 0.29) is 16.1 Å². The molecular formula is C18H21N3O5S. The van der Waals surface area contributed by atoms with Gasteiger partial charge in [-0.1, -0.05) is 25.5 Å². The van der Waals surface area contributed by atoms with E-state index in [1.165, 1.54) is 42.5 Å². The van der Waals surface area contributed by atoms with Crippen molar-refractivity contribution in [2.45, 2.75) is 31.6 Å². The number of nitro benzene ring substituents is 1. The van der Waals surface area contributed by atoms with Gasteiger partial charge in [0.25, 0.3) is 11.6 Å². The highest BCUT2D eigenvalue weighted by atomic mass is 32.2. The summed E-state index contributed by atoms with van der Waals surface area (Å²) in [4.78, 5) is 22.8. The van der Waals surface area contributed by atoms with Crippen LogP contribution in [-0.2, 0) is 10.0 Å². The van der Waals surface area contributed by atoms with E-state index < -0.39 is 20.9 Å². The van der Waals surface area contributed by atoms with Gasteiger partial charge in [-0.25, -0.2) is 13.1 Å². The van der Waals surface area contributed by atoms with Crippen LogP contribution in [0.25, 0.3) is 0 Å². The van der Waals surface area contributed by atoms with Crippen molar-refractivity contribution in [1.29, 1.82) is 0 Å². The molecule has 0 aliphatic rings. The summed E-state index contributed by atoms with van der Waals surface area (Å²) in [5.41, 5.74) is 0.939. The number of rotatable bonds is 8. The van der Waals surface area contributed by atoms with Crippen molar-refractivity contribution >= 4 is 27.3 Å². The number of nitro groups is 1. The second kappa shape index (κ2) is 8.74. The fourth-order valence-electron chi connectivity index (χ4n) is 2.32. The first-order valence-electron chi connectivity index (χ1n) is 8.40. The molecule has 0 saturated carbocycles. The van der Waals surface area contributed by atoms with E-state index >= 15 is 0 Å². The van der Waals surface area contributed by atoms with Crippen molar-refractivity contribution in [3.05, 3.63) is 63.7 Å². The molecule has 0 aliphatic carbocycles. The van der Waals surface area contributed by atoms with Gasteiger partial charge in [-0.2, -0.15) is 0 Å². The maximum absolute atomic E-state index is 12.5. The summed E-state index contributed by atoms with van der Waals surface area (Å²) in [5.74, 6) is -0.552. The molecule has 0 fully saturated rings. The zero-order chi connectivity index (χ0) is 20.0. The molecule has 2 rings (SSSR count). The molecule has 8 nitrogen and oxygen atoms in total. The van der Waals surface area contributed by atoms with Crippen LogP contribution in [0.15, 0.2) is 47.4 Å². The van der Waals surface area contributed by atoms with Crippen LogP contribution < -0.4 is 10.0 Å². The van der Waals surface area contributed by atoms with Gasteiger partial charge in [0.05, 0.1) is 15.5 Å². The lowest BCUT2D eigenvalue weighted by Crippen LogP contribution is -2.25. The first-order chi connectivity index (χ1) is 12.7. The Labute approximate surface area is 157 Å². The number of nitrogens with zero attached hydrogens (tertiary/aromatic N) is 1. The Morgan fingerprint density at radius 2 is 1.93 bits per heavy atom. The SMILES string of the molecule is CCCCNS(=O)(=O)c1cccc(C(=O)Nc2cc([N+](=O)[O-])ccc2C)c1. The highest BCUT2D eigenvalue weighted by Crippen LogP contribution is 2.23. The van der Waals surface area contributed by atoms with Crippen LogP contribution in [0.5, 0.6) is 0 Å². The van der Waals surface area contributed by atoms with Crippen LogP contribution in [-0.4, -0.2) is 25.8 Å². The number of benzene rings is 2. The van der Waals surface area contributed by atoms with Gasteiger partial charge in [0.15, 0.2) is 0 Å². The highest BCUT2D eigenvalue weighted by molar-refractivity contribution is 7.89. The van der Waals surface area contributed by atoms with Crippen LogP contribution in [0.2, 0.25) is 0 Å². The molecule has 144 valence electrons. The number of amides is 1. The van der Waals surface area contributed by atoms with Crippen LogP contribution in [0.3, 0.4) is 0 Å². The number of carbonyl (C=O) groups is 1. The van der Waals surface area contributed by atoms with E-state index in [4.69, 9.17) is 0 Å². The third kappa shape index (κ3) is 5.35. The maximum atomic E-state index is 12.5. The van der Waals surface area contributed by atoms with Gasteiger partial charge in [0.2, 0.25) is 10.0 Å². The predicted octanol–water partition coefficient (Wildman–Crippen LogP) is 3.23. The molecule has 2 N–H and O–H groups in total. The molecular weight excluding hydrogens is 370 g/mol. The lowest BCUT2D eigenvalue weighted by Gasteiger charge is -2.10. The Balaban J connectivity index is 2.23. The van der Waals surface area contributed by atoms with Crippen molar-refractivity contribution in [3.8, 4) is 0 Å². The van der Waals surface area contributed by atoms with Crippen molar-refractivity contribution in [2.75, 3.05) is 11.9 Å². The fourth-order valence-corrected chi connectivity index (χ4v) is 3.44. The minimum atomic E-state index is -3.71. The number of aryl methyl sites for hydroxylation is 1. The molecule has 9 heteroatoms. The van der Waals surface area contributed by atoms with Crippen molar-refractivity contribution < 1.29 is 18.1 Å². The summed E-state index contributed by atoms with van der Waals surface area (Å²) in [6.45, 7) is 3.98. The average molecular weight is 391 g/mol. The maximum Gasteiger partial charge on any atom is 0.271 e. The molecule has 27 heavy (non-hydrogen) atoms. The molecule has 0 aromatic heterocycles. The summed E-state index contributed by atoms with van der Waals surface area (Å²) in [6, 6.07) is 9.78. The number of sulfonamides is 1. The van der Waals surface area contributed by atoms with Gasteiger partial charge in [0.1, 0.15) is 0 Å². The predicted molar refractivity (Wildman–Crippen MR) is 102 cm³/mol. The molecule has 0 radical (unpaired) electrons. The number of hydrogen-bond acceptors (Lipinski definition) is 5. The minimum Gasteiger partial charge on any atom is -0.321 e. The Morgan fingerprint density at radius 1 is 1.19 bits per heavy atom. The fraction of sp³-hybridized carbons (Fsp3) is 0.278. The normalized spacial score (nSPS) is 11.2. The number of carbonyl (C=O) groups excluding carboxylic acids is 1. The Morgan fingerprint density at radius 3 is 2.59 bits per heavy atom. The Bertz CT molecular complexity index is 957. The number of hydrogen-bond donors (Lipinski definition) is 2. The van der Waals surface area contributed by atoms with Gasteiger partial charge in [-0.3, -0.25) is 14.9 Å². The molecule has 2 aromatic carbocycles. The smallest absolute Gasteiger partial charge is 0.271 e. The largest absolute Gasteiger partial charge is 0.321 e. The summed E-state index contributed by atoms with van der Waals surface area (Å²) in [7, 11) is -3.71. The second-order valence-electron chi connectivity index (χ2n) is 5.99. The first kappa shape index (κ1) is 20.5. The van der Waals surface area contributed by atoms with Gasteiger partial charge >= 0.3 is 0 Å². The molecule has 0 aliphatic heterocycles. The zero-order valence-corrected chi connectivity index (χ0v) is 15.9. The number of unbranched alkanes of at least 4 members (excludes halogenated alkanes) is 1. The van der Waals surface area contributed by atoms with Crippen LogP contribution in [0.1, 0.15) is 35.7 Å². The van der Waals surface area contributed by atoms with Crippen LogP contribution in [0, 0.1) is 17.0 Å². The van der Waals surface area contributed by atoms with E-state index in [1.807, 2.05) is 6.92 Å². The van der Waals surface area contributed by atoms with Crippen molar-refractivity contribution in [1.82, 2.24) is 4.72 Å².